The standard InChI is InChI=1S/C21H19FN4O3/c1-11(27)26-8-5-13(6-9-26)29-21-24-18-14-3-2-12(22)10-16(14)17-15(19(18)25-21)4-7-23-20(17)28/h2-4,7,10,13H,5-6,8-9H2,1H3,(H,23,28)(H,24,25). The molecule has 0 spiro atoms. The number of halogens is 1. The molecule has 0 aliphatic carbocycles. The third kappa shape index (κ3) is 2.91. The van der Waals surface area contributed by atoms with Gasteiger partial charge in [-0.1, -0.05) is 0 Å². The predicted molar refractivity (Wildman–Crippen MR) is 108 cm³/mol. The SMILES string of the molecule is CC(=O)N1CCC(Oc2nc3c4ccc(F)cc4c4c(=O)[nH]ccc4c3[nH]2)CC1. The minimum absolute atomic E-state index is 0.0514. The van der Waals surface area contributed by atoms with Crippen molar-refractivity contribution in [1.29, 1.82) is 0 Å². The van der Waals surface area contributed by atoms with Gasteiger partial charge in [-0.25, -0.2) is 4.39 Å². The Morgan fingerprint density at radius 3 is 2.76 bits per heavy atom. The van der Waals surface area contributed by atoms with E-state index >= 15 is 0 Å². The summed E-state index contributed by atoms with van der Waals surface area (Å²) in [6, 6.07) is 6.49. The molecule has 1 aliphatic rings. The number of carbonyl (C=O) groups is 1. The zero-order chi connectivity index (χ0) is 20.1. The largest absolute Gasteiger partial charge is 0.461 e. The molecule has 29 heavy (non-hydrogen) atoms. The number of likely N-dealkylation sites (tertiary alicyclic amines) is 1. The van der Waals surface area contributed by atoms with Crippen molar-refractivity contribution >= 4 is 38.5 Å². The number of fused-ring (bicyclic) bond motifs is 6. The van der Waals surface area contributed by atoms with Crippen LogP contribution < -0.4 is 10.3 Å². The highest BCUT2D eigenvalue weighted by molar-refractivity contribution is 6.23. The third-order valence-electron chi connectivity index (χ3n) is 5.58. The van der Waals surface area contributed by atoms with Gasteiger partial charge >= 0.3 is 0 Å². The molecule has 1 aliphatic heterocycles. The van der Waals surface area contributed by atoms with Gasteiger partial charge < -0.3 is 19.6 Å². The summed E-state index contributed by atoms with van der Waals surface area (Å²) in [5.41, 5.74) is 1.03. The first-order valence-electron chi connectivity index (χ1n) is 9.56. The second-order valence-corrected chi connectivity index (χ2v) is 7.37. The van der Waals surface area contributed by atoms with Crippen molar-refractivity contribution in [2.45, 2.75) is 25.9 Å². The number of rotatable bonds is 2. The molecule has 0 bridgehead atoms. The zero-order valence-corrected chi connectivity index (χ0v) is 15.8. The van der Waals surface area contributed by atoms with Gasteiger partial charge in [0, 0.05) is 55.2 Å². The summed E-state index contributed by atoms with van der Waals surface area (Å²) in [4.78, 5) is 36.2. The maximum atomic E-state index is 13.9. The number of carbonyl (C=O) groups excluding carboxylic acids is 1. The topological polar surface area (TPSA) is 91.1 Å². The quantitative estimate of drug-likeness (QED) is 0.511. The average Bonchev–Trinajstić information content (AvgIpc) is 3.12. The first-order chi connectivity index (χ1) is 14.0. The summed E-state index contributed by atoms with van der Waals surface area (Å²) in [6.07, 6.45) is 2.96. The van der Waals surface area contributed by atoms with Crippen molar-refractivity contribution in [3.05, 3.63) is 46.6 Å². The molecule has 7 nitrogen and oxygen atoms in total. The minimum Gasteiger partial charge on any atom is -0.461 e. The number of hydrogen-bond acceptors (Lipinski definition) is 4. The van der Waals surface area contributed by atoms with Crippen molar-refractivity contribution in [2.75, 3.05) is 13.1 Å². The molecule has 148 valence electrons. The molecule has 0 saturated carbocycles. The molecule has 5 rings (SSSR count). The maximum absolute atomic E-state index is 13.9. The Balaban J connectivity index is 1.61. The van der Waals surface area contributed by atoms with Crippen molar-refractivity contribution in [1.82, 2.24) is 19.9 Å². The van der Waals surface area contributed by atoms with Gasteiger partial charge in [-0.2, -0.15) is 4.98 Å². The highest BCUT2D eigenvalue weighted by Gasteiger charge is 2.23. The normalized spacial score (nSPS) is 15.4. The van der Waals surface area contributed by atoms with Crippen LogP contribution in [0.15, 0.2) is 35.3 Å². The van der Waals surface area contributed by atoms with Gasteiger partial charge in [0.15, 0.2) is 0 Å². The van der Waals surface area contributed by atoms with E-state index in [1.165, 1.54) is 12.1 Å². The molecule has 2 aromatic carbocycles. The van der Waals surface area contributed by atoms with Gasteiger partial charge in [-0.15, -0.1) is 0 Å². The summed E-state index contributed by atoms with van der Waals surface area (Å²) in [7, 11) is 0. The highest BCUT2D eigenvalue weighted by Crippen LogP contribution is 2.34. The fourth-order valence-corrected chi connectivity index (χ4v) is 4.13. The number of H-pyrrole nitrogens is 2. The molecule has 0 unspecified atom stereocenters. The maximum Gasteiger partial charge on any atom is 0.294 e. The molecule has 4 aromatic rings. The Morgan fingerprint density at radius 1 is 1.21 bits per heavy atom. The van der Waals surface area contributed by atoms with Gasteiger partial charge in [0.2, 0.25) is 5.91 Å². The number of ether oxygens (including phenoxy) is 1. The van der Waals surface area contributed by atoms with E-state index in [0.717, 1.165) is 12.8 Å². The van der Waals surface area contributed by atoms with Gasteiger partial charge in [-0.3, -0.25) is 9.59 Å². The number of hydrogen-bond donors (Lipinski definition) is 2. The van der Waals surface area contributed by atoms with E-state index in [0.29, 0.717) is 51.7 Å². The number of nitrogens with zero attached hydrogens (tertiary/aromatic N) is 2. The van der Waals surface area contributed by atoms with Gasteiger partial charge in [0.05, 0.1) is 10.9 Å². The van der Waals surface area contributed by atoms with Crippen molar-refractivity contribution in [2.24, 2.45) is 0 Å². The fourth-order valence-electron chi connectivity index (χ4n) is 4.13. The molecule has 1 saturated heterocycles. The average molecular weight is 394 g/mol. The minimum atomic E-state index is -0.411. The van der Waals surface area contributed by atoms with Crippen LogP contribution in [0.1, 0.15) is 19.8 Å². The van der Waals surface area contributed by atoms with E-state index < -0.39 is 5.82 Å². The summed E-state index contributed by atoms with van der Waals surface area (Å²) >= 11 is 0. The summed E-state index contributed by atoms with van der Waals surface area (Å²) in [5.74, 6) is -0.340. The van der Waals surface area contributed by atoms with Crippen LogP contribution in [0.2, 0.25) is 0 Å². The molecule has 1 fully saturated rings. The van der Waals surface area contributed by atoms with E-state index in [1.54, 1.807) is 30.2 Å². The lowest BCUT2D eigenvalue weighted by Gasteiger charge is -2.30. The lowest BCUT2D eigenvalue weighted by atomic mass is 10.0. The van der Waals surface area contributed by atoms with Crippen LogP contribution in [-0.4, -0.2) is 45.0 Å². The zero-order valence-electron chi connectivity index (χ0n) is 15.8. The van der Waals surface area contributed by atoms with Crippen molar-refractivity contribution in [3.63, 3.8) is 0 Å². The molecule has 0 atom stereocenters. The molecule has 3 heterocycles. The molecule has 1 amide bonds. The molecule has 2 N–H and O–H groups in total. The van der Waals surface area contributed by atoms with Crippen LogP contribution >= 0.6 is 0 Å². The number of pyridine rings is 1. The van der Waals surface area contributed by atoms with Crippen molar-refractivity contribution in [3.8, 4) is 6.01 Å². The van der Waals surface area contributed by atoms with Crippen LogP contribution in [0.4, 0.5) is 4.39 Å². The van der Waals surface area contributed by atoms with Crippen LogP contribution in [-0.2, 0) is 4.79 Å². The van der Waals surface area contributed by atoms with E-state index in [2.05, 4.69) is 15.0 Å². The first kappa shape index (κ1) is 17.7. The lowest BCUT2D eigenvalue weighted by Crippen LogP contribution is -2.40. The Kier molecular flexibility index (Phi) is 4.01. The number of aromatic nitrogens is 3. The number of piperidine rings is 1. The summed E-state index contributed by atoms with van der Waals surface area (Å²) in [6.45, 7) is 2.88. The number of nitrogens with one attached hydrogen (secondary N) is 2. The van der Waals surface area contributed by atoms with E-state index in [9.17, 15) is 14.0 Å². The lowest BCUT2D eigenvalue weighted by molar-refractivity contribution is -0.130. The number of imidazole rings is 1. The third-order valence-corrected chi connectivity index (χ3v) is 5.58. The Hall–Kier alpha value is -3.42. The Labute approximate surface area is 164 Å². The van der Waals surface area contributed by atoms with E-state index in [-0.39, 0.29) is 17.6 Å². The second-order valence-electron chi connectivity index (χ2n) is 7.37. The van der Waals surface area contributed by atoms with Crippen LogP contribution in [0.5, 0.6) is 6.01 Å². The fraction of sp³-hybridized carbons (Fsp3) is 0.286. The monoisotopic (exact) mass is 394 g/mol. The van der Waals surface area contributed by atoms with Crippen LogP contribution in [0.25, 0.3) is 32.6 Å². The number of aromatic amines is 2. The smallest absolute Gasteiger partial charge is 0.294 e. The molecule has 0 radical (unpaired) electrons. The summed E-state index contributed by atoms with van der Waals surface area (Å²) in [5, 5.41) is 2.28. The molecular weight excluding hydrogens is 375 g/mol. The second kappa shape index (κ2) is 6.58. The molecular formula is C21H19FN4O3. The first-order valence-corrected chi connectivity index (χ1v) is 9.56. The van der Waals surface area contributed by atoms with Gasteiger partial charge in [0.25, 0.3) is 11.6 Å². The van der Waals surface area contributed by atoms with Crippen LogP contribution in [0.3, 0.4) is 0 Å². The van der Waals surface area contributed by atoms with Gasteiger partial charge in [0.1, 0.15) is 17.4 Å². The number of amides is 1. The number of benzene rings is 2. The van der Waals surface area contributed by atoms with E-state index in [4.69, 9.17) is 4.74 Å². The summed E-state index contributed by atoms with van der Waals surface area (Å²) < 4.78 is 20.0. The highest BCUT2D eigenvalue weighted by atomic mass is 19.1. The van der Waals surface area contributed by atoms with E-state index in [1.807, 2.05) is 0 Å². The molecule has 2 aromatic heterocycles. The van der Waals surface area contributed by atoms with Crippen LogP contribution in [0, 0.1) is 5.82 Å². The predicted octanol–water partition coefficient (Wildman–Crippen LogP) is 3.09. The Bertz CT molecular complexity index is 1320. The van der Waals surface area contributed by atoms with Gasteiger partial charge in [-0.05, 0) is 24.3 Å². The van der Waals surface area contributed by atoms with Crippen molar-refractivity contribution < 1.29 is 13.9 Å². The molecule has 8 heteroatoms. The Morgan fingerprint density at radius 2 is 2.00 bits per heavy atom.